The molecule has 1 aliphatic rings. The maximum atomic E-state index is 4.66. The highest BCUT2D eigenvalue weighted by Gasteiger charge is 2.26. The Morgan fingerprint density at radius 3 is 2.37 bits per heavy atom. The molecular formula is C15H28N4. The summed E-state index contributed by atoms with van der Waals surface area (Å²) < 4.78 is 1.95. The maximum Gasteiger partial charge on any atom is 0.0722 e. The van der Waals surface area contributed by atoms with Gasteiger partial charge < -0.3 is 5.32 Å². The zero-order valence-corrected chi connectivity index (χ0v) is 13.2. The quantitative estimate of drug-likeness (QED) is 0.885. The van der Waals surface area contributed by atoms with Crippen LogP contribution in [0.2, 0.25) is 0 Å². The molecule has 2 atom stereocenters. The van der Waals surface area contributed by atoms with Crippen molar-refractivity contribution < 1.29 is 0 Å². The SMILES string of the molecule is CC1CN(Cc2cn(C)nc2C(C)(C)C)CC(C)N1. The molecule has 1 N–H and O–H groups in total. The van der Waals surface area contributed by atoms with Crippen molar-refractivity contribution in [2.24, 2.45) is 7.05 Å². The summed E-state index contributed by atoms with van der Waals surface area (Å²) in [6, 6.07) is 1.14. The topological polar surface area (TPSA) is 33.1 Å². The first-order valence-electron chi connectivity index (χ1n) is 7.27. The van der Waals surface area contributed by atoms with Crippen LogP contribution < -0.4 is 5.32 Å². The van der Waals surface area contributed by atoms with Gasteiger partial charge in [0, 0.05) is 55.9 Å². The molecule has 108 valence electrons. The molecule has 1 aliphatic heterocycles. The van der Waals surface area contributed by atoms with Crippen molar-refractivity contribution in [3.05, 3.63) is 17.5 Å². The molecular weight excluding hydrogens is 236 g/mol. The van der Waals surface area contributed by atoms with E-state index in [-0.39, 0.29) is 5.41 Å². The van der Waals surface area contributed by atoms with Gasteiger partial charge in [-0.3, -0.25) is 9.58 Å². The van der Waals surface area contributed by atoms with Crippen molar-refractivity contribution in [3.8, 4) is 0 Å². The normalized spacial score (nSPS) is 25.8. The Labute approximate surface area is 117 Å². The molecule has 0 amide bonds. The Bertz CT molecular complexity index is 420. The van der Waals surface area contributed by atoms with Gasteiger partial charge in [0.2, 0.25) is 0 Å². The highest BCUT2D eigenvalue weighted by Crippen LogP contribution is 2.25. The Morgan fingerprint density at radius 2 is 1.84 bits per heavy atom. The predicted octanol–water partition coefficient (Wildman–Crippen LogP) is 1.90. The molecule has 0 radical (unpaired) electrons. The smallest absolute Gasteiger partial charge is 0.0722 e. The number of aromatic nitrogens is 2. The van der Waals surface area contributed by atoms with E-state index in [1.807, 2.05) is 11.7 Å². The third kappa shape index (κ3) is 3.57. The second-order valence-electron chi connectivity index (χ2n) is 7.09. The Morgan fingerprint density at radius 1 is 1.26 bits per heavy atom. The van der Waals surface area contributed by atoms with Gasteiger partial charge in [0.15, 0.2) is 0 Å². The molecule has 1 aromatic heterocycles. The number of hydrogen-bond donors (Lipinski definition) is 1. The molecule has 1 saturated heterocycles. The van der Waals surface area contributed by atoms with Crippen LogP contribution in [0.5, 0.6) is 0 Å². The largest absolute Gasteiger partial charge is 0.309 e. The lowest BCUT2D eigenvalue weighted by molar-refractivity contribution is 0.166. The third-order valence-corrected chi connectivity index (χ3v) is 3.64. The van der Waals surface area contributed by atoms with Crippen LogP contribution in [-0.4, -0.2) is 39.9 Å². The van der Waals surface area contributed by atoms with E-state index < -0.39 is 0 Å². The fourth-order valence-electron chi connectivity index (χ4n) is 3.10. The van der Waals surface area contributed by atoms with Gasteiger partial charge in [0.1, 0.15) is 0 Å². The minimum Gasteiger partial charge on any atom is -0.309 e. The van der Waals surface area contributed by atoms with E-state index in [1.54, 1.807) is 0 Å². The van der Waals surface area contributed by atoms with E-state index in [0.29, 0.717) is 12.1 Å². The summed E-state index contributed by atoms with van der Waals surface area (Å²) in [4.78, 5) is 2.54. The summed E-state index contributed by atoms with van der Waals surface area (Å²) in [5.41, 5.74) is 2.71. The standard InChI is InChI=1S/C15H28N4/c1-11-7-19(8-12(2)16-11)10-13-9-18(6)17-14(13)15(3,4)5/h9,11-12,16H,7-8,10H2,1-6H3. The number of piperazine rings is 1. The van der Waals surface area contributed by atoms with Crippen molar-refractivity contribution in [2.75, 3.05) is 13.1 Å². The number of nitrogens with zero attached hydrogens (tertiary/aromatic N) is 3. The molecule has 4 heteroatoms. The van der Waals surface area contributed by atoms with Crippen molar-refractivity contribution in [2.45, 2.75) is 58.7 Å². The Kier molecular flexibility index (Phi) is 4.02. The van der Waals surface area contributed by atoms with Gasteiger partial charge in [-0.1, -0.05) is 20.8 Å². The molecule has 2 unspecified atom stereocenters. The van der Waals surface area contributed by atoms with Gasteiger partial charge >= 0.3 is 0 Å². The zero-order valence-electron chi connectivity index (χ0n) is 13.2. The average Bonchev–Trinajstić information content (AvgIpc) is 2.57. The summed E-state index contributed by atoms with van der Waals surface area (Å²) in [5, 5.41) is 8.24. The van der Waals surface area contributed by atoms with Crippen LogP contribution in [0.4, 0.5) is 0 Å². The van der Waals surface area contributed by atoms with Crippen molar-refractivity contribution >= 4 is 0 Å². The first kappa shape index (κ1) is 14.5. The highest BCUT2D eigenvalue weighted by atomic mass is 15.3. The number of nitrogens with one attached hydrogen (secondary N) is 1. The van der Waals surface area contributed by atoms with Crippen LogP contribution in [0, 0.1) is 0 Å². The van der Waals surface area contributed by atoms with E-state index in [1.165, 1.54) is 11.3 Å². The molecule has 0 spiro atoms. The van der Waals surface area contributed by atoms with E-state index in [2.05, 4.69) is 56.1 Å². The van der Waals surface area contributed by atoms with Crippen LogP contribution in [0.3, 0.4) is 0 Å². The molecule has 0 bridgehead atoms. The molecule has 2 heterocycles. The average molecular weight is 264 g/mol. The number of aryl methyl sites for hydroxylation is 1. The van der Waals surface area contributed by atoms with Gasteiger partial charge in [-0.15, -0.1) is 0 Å². The van der Waals surface area contributed by atoms with Gasteiger partial charge in [-0.25, -0.2) is 0 Å². The lowest BCUT2D eigenvalue weighted by Crippen LogP contribution is -2.53. The maximum absolute atomic E-state index is 4.66. The van der Waals surface area contributed by atoms with Gasteiger partial charge in [-0.2, -0.15) is 5.10 Å². The van der Waals surface area contributed by atoms with Gasteiger partial charge in [0.05, 0.1) is 5.69 Å². The fraction of sp³-hybridized carbons (Fsp3) is 0.800. The van der Waals surface area contributed by atoms with E-state index >= 15 is 0 Å². The highest BCUT2D eigenvalue weighted by molar-refractivity contribution is 5.24. The van der Waals surface area contributed by atoms with Crippen molar-refractivity contribution in [1.29, 1.82) is 0 Å². The minimum atomic E-state index is 0.113. The first-order valence-corrected chi connectivity index (χ1v) is 7.27. The second kappa shape index (κ2) is 5.25. The van der Waals surface area contributed by atoms with Crippen LogP contribution in [0.1, 0.15) is 45.9 Å². The summed E-state index contributed by atoms with van der Waals surface area (Å²) in [6.45, 7) is 14.5. The lowest BCUT2D eigenvalue weighted by atomic mass is 9.89. The molecule has 4 nitrogen and oxygen atoms in total. The number of rotatable bonds is 2. The molecule has 0 aromatic carbocycles. The van der Waals surface area contributed by atoms with Crippen LogP contribution in [-0.2, 0) is 19.0 Å². The summed E-state index contributed by atoms with van der Waals surface area (Å²) in [6.07, 6.45) is 2.18. The van der Waals surface area contributed by atoms with Crippen LogP contribution >= 0.6 is 0 Å². The van der Waals surface area contributed by atoms with Gasteiger partial charge in [0.25, 0.3) is 0 Å². The summed E-state index contributed by atoms with van der Waals surface area (Å²) >= 11 is 0. The lowest BCUT2D eigenvalue weighted by Gasteiger charge is -2.36. The monoisotopic (exact) mass is 264 g/mol. The predicted molar refractivity (Wildman–Crippen MR) is 79.2 cm³/mol. The van der Waals surface area contributed by atoms with Crippen LogP contribution in [0.15, 0.2) is 6.20 Å². The number of hydrogen-bond acceptors (Lipinski definition) is 3. The zero-order chi connectivity index (χ0) is 14.2. The molecule has 0 aliphatic carbocycles. The summed E-state index contributed by atoms with van der Waals surface area (Å²) in [7, 11) is 2.02. The van der Waals surface area contributed by atoms with E-state index in [0.717, 1.165) is 19.6 Å². The van der Waals surface area contributed by atoms with E-state index in [4.69, 9.17) is 0 Å². The molecule has 1 fully saturated rings. The summed E-state index contributed by atoms with van der Waals surface area (Å²) in [5.74, 6) is 0. The van der Waals surface area contributed by atoms with Crippen LogP contribution in [0.25, 0.3) is 0 Å². The Hall–Kier alpha value is -0.870. The molecule has 1 aromatic rings. The first-order chi connectivity index (χ1) is 8.75. The van der Waals surface area contributed by atoms with Gasteiger partial charge in [-0.05, 0) is 13.8 Å². The molecule has 0 saturated carbocycles. The Balaban J connectivity index is 2.15. The minimum absolute atomic E-state index is 0.113. The van der Waals surface area contributed by atoms with Crippen molar-refractivity contribution in [3.63, 3.8) is 0 Å². The fourth-order valence-corrected chi connectivity index (χ4v) is 3.10. The van der Waals surface area contributed by atoms with Crippen molar-refractivity contribution in [1.82, 2.24) is 20.0 Å². The van der Waals surface area contributed by atoms with E-state index in [9.17, 15) is 0 Å². The molecule has 2 rings (SSSR count). The molecule has 19 heavy (non-hydrogen) atoms. The third-order valence-electron chi connectivity index (χ3n) is 3.64. The second-order valence-corrected chi connectivity index (χ2v) is 7.09.